The number of benzene rings is 2. The summed E-state index contributed by atoms with van der Waals surface area (Å²) in [5, 5.41) is 6.67. The summed E-state index contributed by atoms with van der Waals surface area (Å²) in [5.74, 6) is 0.556. The quantitative estimate of drug-likeness (QED) is 0.545. The Morgan fingerprint density at radius 1 is 1.10 bits per heavy atom. The average molecular weight is 443 g/mol. The highest BCUT2D eigenvalue weighted by Crippen LogP contribution is 2.20. The normalized spacial score (nSPS) is 11.3. The fourth-order valence-electron chi connectivity index (χ4n) is 3.06. The molecular formula is C22H26N4O4S. The van der Waals surface area contributed by atoms with Gasteiger partial charge < -0.3 is 9.84 Å². The third-order valence-corrected chi connectivity index (χ3v) is 5.86. The van der Waals surface area contributed by atoms with Crippen molar-refractivity contribution in [1.29, 1.82) is 0 Å². The van der Waals surface area contributed by atoms with Gasteiger partial charge in [0, 0.05) is 18.5 Å². The zero-order valence-corrected chi connectivity index (χ0v) is 18.6. The Labute approximate surface area is 182 Å². The first kappa shape index (κ1) is 22.5. The SMILES string of the molecule is Cc1ccc(-c2noc(CNC(=O)CCCN(c3cccc(C)c3)S(C)(=O)=O)n2)cc1. The first-order valence-electron chi connectivity index (χ1n) is 9.93. The van der Waals surface area contributed by atoms with E-state index < -0.39 is 10.0 Å². The highest BCUT2D eigenvalue weighted by atomic mass is 32.2. The van der Waals surface area contributed by atoms with Crippen LogP contribution >= 0.6 is 0 Å². The molecule has 8 nitrogen and oxygen atoms in total. The molecule has 0 saturated carbocycles. The molecule has 3 aromatic rings. The largest absolute Gasteiger partial charge is 0.347 e. The van der Waals surface area contributed by atoms with Crippen molar-refractivity contribution in [3.8, 4) is 11.4 Å². The lowest BCUT2D eigenvalue weighted by Gasteiger charge is -2.22. The van der Waals surface area contributed by atoms with Gasteiger partial charge in [0.25, 0.3) is 0 Å². The van der Waals surface area contributed by atoms with Crippen LogP contribution in [0.4, 0.5) is 5.69 Å². The lowest BCUT2D eigenvalue weighted by molar-refractivity contribution is -0.121. The molecule has 0 saturated heterocycles. The van der Waals surface area contributed by atoms with Crippen molar-refractivity contribution in [2.45, 2.75) is 33.2 Å². The van der Waals surface area contributed by atoms with E-state index in [1.54, 1.807) is 6.07 Å². The molecule has 0 bridgehead atoms. The third-order valence-electron chi connectivity index (χ3n) is 4.67. The molecule has 0 radical (unpaired) electrons. The monoisotopic (exact) mass is 442 g/mol. The number of carbonyl (C=O) groups excluding carboxylic acids is 1. The zero-order valence-electron chi connectivity index (χ0n) is 17.8. The summed E-state index contributed by atoms with van der Waals surface area (Å²) in [6.45, 7) is 4.23. The summed E-state index contributed by atoms with van der Waals surface area (Å²) < 4.78 is 30.8. The van der Waals surface area contributed by atoms with Gasteiger partial charge in [-0.15, -0.1) is 0 Å². The molecule has 1 amide bonds. The summed E-state index contributed by atoms with van der Waals surface area (Å²) in [7, 11) is -3.45. The van der Waals surface area contributed by atoms with Crippen molar-refractivity contribution in [2.75, 3.05) is 17.1 Å². The first-order valence-corrected chi connectivity index (χ1v) is 11.8. The van der Waals surface area contributed by atoms with Gasteiger partial charge in [0.05, 0.1) is 18.5 Å². The fourth-order valence-corrected chi connectivity index (χ4v) is 4.02. The minimum absolute atomic E-state index is 0.116. The van der Waals surface area contributed by atoms with Gasteiger partial charge in [-0.05, 0) is 38.0 Å². The predicted octanol–water partition coefficient (Wildman–Crippen LogP) is 3.22. The molecule has 0 fully saturated rings. The molecule has 164 valence electrons. The molecule has 0 aliphatic rings. The summed E-state index contributed by atoms with van der Waals surface area (Å²) >= 11 is 0. The van der Waals surface area contributed by atoms with Crippen molar-refractivity contribution in [3.63, 3.8) is 0 Å². The van der Waals surface area contributed by atoms with Crippen LogP contribution in [0.2, 0.25) is 0 Å². The molecule has 3 rings (SSSR count). The molecule has 9 heteroatoms. The van der Waals surface area contributed by atoms with Crippen molar-refractivity contribution in [1.82, 2.24) is 15.5 Å². The second-order valence-electron chi connectivity index (χ2n) is 7.43. The smallest absolute Gasteiger partial charge is 0.246 e. The summed E-state index contributed by atoms with van der Waals surface area (Å²) in [5.41, 5.74) is 3.53. The van der Waals surface area contributed by atoms with Gasteiger partial charge in [-0.25, -0.2) is 8.42 Å². The Kier molecular flexibility index (Phi) is 7.06. The predicted molar refractivity (Wildman–Crippen MR) is 119 cm³/mol. The van der Waals surface area contributed by atoms with Crippen LogP contribution in [-0.2, 0) is 21.4 Å². The molecule has 0 unspecified atom stereocenters. The second-order valence-corrected chi connectivity index (χ2v) is 9.34. The van der Waals surface area contributed by atoms with Crippen LogP contribution in [0.3, 0.4) is 0 Å². The number of amides is 1. The number of anilines is 1. The number of hydrogen-bond acceptors (Lipinski definition) is 6. The number of sulfonamides is 1. The second kappa shape index (κ2) is 9.74. The Morgan fingerprint density at radius 3 is 2.52 bits per heavy atom. The maximum absolute atomic E-state index is 12.2. The van der Waals surface area contributed by atoms with E-state index in [-0.39, 0.29) is 25.4 Å². The minimum Gasteiger partial charge on any atom is -0.347 e. The molecule has 0 aliphatic heterocycles. The van der Waals surface area contributed by atoms with E-state index in [2.05, 4.69) is 15.5 Å². The molecule has 31 heavy (non-hydrogen) atoms. The molecule has 1 aromatic heterocycles. The molecule has 0 aliphatic carbocycles. The van der Waals surface area contributed by atoms with Crippen LogP contribution in [0, 0.1) is 13.8 Å². The van der Waals surface area contributed by atoms with E-state index in [9.17, 15) is 13.2 Å². The van der Waals surface area contributed by atoms with Gasteiger partial charge in [-0.3, -0.25) is 9.10 Å². The number of rotatable bonds is 9. The Morgan fingerprint density at radius 2 is 1.84 bits per heavy atom. The number of carbonyl (C=O) groups is 1. The summed E-state index contributed by atoms with van der Waals surface area (Å²) in [4.78, 5) is 16.5. The Hall–Kier alpha value is -3.20. The van der Waals surface area contributed by atoms with Gasteiger partial charge in [0.2, 0.25) is 27.6 Å². The van der Waals surface area contributed by atoms with E-state index in [0.717, 1.165) is 22.9 Å². The number of aryl methyl sites for hydroxylation is 2. The molecule has 1 heterocycles. The maximum atomic E-state index is 12.2. The topological polar surface area (TPSA) is 105 Å². The van der Waals surface area contributed by atoms with Crippen LogP contribution in [0.5, 0.6) is 0 Å². The molecular weight excluding hydrogens is 416 g/mol. The van der Waals surface area contributed by atoms with Crippen molar-refractivity contribution in [2.24, 2.45) is 0 Å². The Bertz CT molecular complexity index is 1140. The van der Waals surface area contributed by atoms with E-state index >= 15 is 0 Å². The van der Waals surface area contributed by atoms with Crippen molar-refractivity contribution in [3.05, 3.63) is 65.5 Å². The standard InChI is InChI=1S/C22H26N4O4S/c1-16-9-11-18(12-10-16)22-24-21(30-25-22)15-23-20(27)8-5-13-26(31(3,28)29)19-7-4-6-17(2)14-19/h4,6-7,9-12,14H,5,8,13,15H2,1-3H3,(H,23,27). The molecule has 0 atom stereocenters. The van der Waals surface area contributed by atoms with Crippen LogP contribution in [0.15, 0.2) is 53.1 Å². The lowest BCUT2D eigenvalue weighted by atomic mass is 10.1. The van der Waals surface area contributed by atoms with Crippen LogP contribution < -0.4 is 9.62 Å². The van der Waals surface area contributed by atoms with E-state index in [4.69, 9.17) is 4.52 Å². The Balaban J connectivity index is 1.50. The minimum atomic E-state index is -3.45. The summed E-state index contributed by atoms with van der Waals surface area (Å²) in [6.07, 6.45) is 1.72. The third kappa shape index (κ3) is 6.39. The number of aromatic nitrogens is 2. The molecule has 2 aromatic carbocycles. The van der Waals surface area contributed by atoms with Gasteiger partial charge >= 0.3 is 0 Å². The maximum Gasteiger partial charge on any atom is 0.246 e. The number of hydrogen-bond donors (Lipinski definition) is 1. The molecule has 1 N–H and O–H groups in total. The van der Waals surface area contributed by atoms with E-state index in [1.807, 2.05) is 56.3 Å². The fraction of sp³-hybridized carbons (Fsp3) is 0.318. The molecule has 0 spiro atoms. The van der Waals surface area contributed by atoms with Crippen LogP contribution in [0.1, 0.15) is 29.9 Å². The lowest BCUT2D eigenvalue weighted by Crippen LogP contribution is -2.32. The highest BCUT2D eigenvalue weighted by Gasteiger charge is 2.18. The average Bonchev–Trinajstić information content (AvgIpc) is 3.18. The van der Waals surface area contributed by atoms with Gasteiger partial charge in [-0.2, -0.15) is 4.98 Å². The number of nitrogens with one attached hydrogen (secondary N) is 1. The van der Waals surface area contributed by atoms with Crippen LogP contribution in [-0.4, -0.2) is 37.3 Å². The van der Waals surface area contributed by atoms with E-state index in [1.165, 1.54) is 4.31 Å². The zero-order chi connectivity index (χ0) is 22.4. The highest BCUT2D eigenvalue weighted by molar-refractivity contribution is 7.92. The van der Waals surface area contributed by atoms with E-state index in [0.29, 0.717) is 23.8 Å². The van der Waals surface area contributed by atoms with Crippen molar-refractivity contribution < 1.29 is 17.7 Å². The van der Waals surface area contributed by atoms with Gasteiger partial charge in [0.1, 0.15) is 0 Å². The van der Waals surface area contributed by atoms with Gasteiger partial charge in [0.15, 0.2) is 0 Å². The first-order chi connectivity index (χ1) is 14.7. The van der Waals surface area contributed by atoms with Crippen LogP contribution in [0.25, 0.3) is 11.4 Å². The summed E-state index contributed by atoms with van der Waals surface area (Å²) in [6, 6.07) is 15.0. The number of nitrogens with zero attached hydrogens (tertiary/aromatic N) is 3. The van der Waals surface area contributed by atoms with Gasteiger partial charge in [-0.1, -0.05) is 47.1 Å². The van der Waals surface area contributed by atoms with Crippen molar-refractivity contribution >= 4 is 21.6 Å².